The first kappa shape index (κ1) is 8.86. The molecule has 0 atom stereocenters. The molecule has 0 fully saturated rings. The zero-order valence-corrected chi connectivity index (χ0v) is 6.80. The number of hydrogen-bond donors (Lipinski definition) is 1. The summed E-state index contributed by atoms with van der Waals surface area (Å²) in [6, 6.07) is 4.20. The SMILES string of the molecule is FC(F)(F)Oc1ccc2[nH]ccc2n1. The number of alkyl halides is 3. The second-order valence-corrected chi connectivity index (χ2v) is 2.61. The molecule has 1 N–H and O–H groups in total. The lowest BCUT2D eigenvalue weighted by molar-refractivity contribution is -0.276. The number of halogens is 3. The van der Waals surface area contributed by atoms with Crippen LogP contribution in [0.3, 0.4) is 0 Å². The summed E-state index contributed by atoms with van der Waals surface area (Å²) in [7, 11) is 0. The van der Waals surface area contributed by atoms with Gasteiger partial charge in [-0.2, -0.15) is 0 Å². The lowest BCUT2D eigenvalue weighted by Crippen LogP contribution is -2.17. The van der Waals surface area contributed by atoms with Crippen LogP contribution in [0.15, 0.2) is 24.4 Å². The molecule has 2 aromatic heterocycles. The summed E-state index contributed by atoms with van der Waals surface area (Å²) in [5.41, 5.74) is 1.10. The molecule has 14 heavy (non-hydrogen) atoms. The Morgan fingerprint density at radius 1 is 1.21 bits per heavy atom. The van der Waals surface area contributed by atoms with Crippen molar-refractivity contribution in [2.75, 3.05) is 0 Å². The van der Waals surface area contributed by atoms with Crippen LogP contribution in [0.2, 0.25) is 0 Å². The molecule has 2 aromatic rings. The molecule has 0 aliphatic heterocycles. The normalized spacial score (nSPS) is 11.9. The highest BCUT2D eigenvalue weighted by Crippen LogP contribution is 2.22. The van der Waals surface area contributed by atoms with E-state index in [9.17, 15) is 13.2 Å². The van der Waals surface area contributed by atoms with Crippen molar-refractivity contribution in [2.45, 2.75) is 6.36 Å². The second kappa shape index (κ2) is 2.90. The van der Waals surface area contributed by atoms with Gasteiger partial charge in [-0.1, -0.05) is 0 Å². The molecule has 6 heteroatoms. The molecule has 0 unspecified atom stereocenters. The van der Waals surface area contributed by atoms with Gasteiger partial charge in [-0.15, -0.1) is 13.2 Å². The van der Waals surface area contributed by atoms with Crippen LogP contribution in [0.25, 0.3) is 11.0 Å². The molecule has 0 aromatic carbocycles. The van der Waals surface area contributed by atoms with Crippen LogP contribution >= 0.6 is 0 Å². The molecule has 74 valence electrons. The van der Waals surface area contributed by atoms with Gasteiger partial charge in [0.15, 0.2) is 0 Å². The molecule has 0 bridgehead atoms. The van der Waals surface area contributed by atoms with E-state index in [4.69, 9.17) is 0 Å². The molecule has 0 spiro atoms. The molecule has 0 saturated carbocycles. The first-order chi connectivity index (χ1) is 6.54. The topological polar surface area (TPSA) is 37.9 Å². The van der Waals surface area contributed by atoms with Gasteiger partial charge >= 0.3 is 6.36 Å². The lowest BCUT2D eigenvalue weighted by Gasteiger charge is -2.06. The highest BCUT2D eigenvalue weighted by molar-refractivity contribution is 5.75. The molecular formula is C8H5F3N2O. The average Bonchev–Trinajstić information content (AvgIpc) is 2.47. The quantitative estimate of drug-likeness (QED) is 0.771. The van der Waals surface area contributed by atoms with Crippen molar-refractivity contribution < 1.29 is 17.9 Å². The minimum Gasteiger partial charge on any atom is -0.388 e. The predicted molar refractivity (Wildman–Crippen MR) is 42.8 cm³/mol. The van der Waals surface area contributed by atoms with Crippen LogP contribution in [-0.2, 0) is 0 Å². The number of rotatable bonds is 1. The number of ether oxygens (including phenoxy) is 1. The van der Waals surface area contributed by atoms with E-state index in [2.05, 4.69) is 14.7 Å². The molecule has 0 amide bonds. The van der Waals surface area contributed by atoms with E-state index in [0.29, 0.717) is 11.0 Å². The number of nitrogens with one attached hydrogen (secondary N) is 1. The van der Waals surface area contributed by atoms with Crippen molar-refractivity contribution >= 4 is 11.0 Å². The smallest absolute Gasteiger partial charge is 0.388 e. The molecule has 0 aliphatic rings. The molecule has 0 saturated heterocycles. The summed E-state index contributed by atoms with van der Waals surface area (Å²) >= 11 is 0. The Kier molecular flexibility index (Phi) is 1.83. The van der Waals surface area contributed by atoms with Crippen LogP contribution in [0.4, 0.5) is 13.2 Å². The first-order valence-electron chi connectivity index (χ1n) is 3.74. The Morgan fingerprint density at radius 2 is 2.00 bits per heavy atom. The maximum Gasteiger partial charge on any atom is 0.574 e. The standard InChI is InChI=1S/C8H5F3N2O/c9-8(10,11)14-7-2-1-5-6(13-7)3-4-12-5/h1-4,12H. The van der Waals surface area contributed by atoms with Gasteiger partial charge in [0, 0.05) is 12.3 Å². The molecular weight excluding hydrogens is 197 g/mol. The van der Waals surface area contributed by atoms with E-state index in [-0.39, 0.29) is 0 Å². The Labute approximate surface area is 76.5 Å². The Morgan fingerprint density at radius 3 is 2.71 bits per heavy atom. The first-order valence-corrected chi connectivity index (χ1v) is 3.74. The summed E-state index contributed by atoms with van der Waals surface area (Å²) in [5.74, 6) is -0.454. The van der Waals surface area contributed by atoms with Gasteiger partial charge in [-0.05, 0) is 12.1 Å². The van der Waals surface area contributed by atoms with Gasteiger partial charge in [0.1, 0.15) is 0 Å². The molecule has 0 aliphatic carbocycles. The third-order valence-electron chi connectivity index (χ3n) is 1.60. The number of fused-ring (bicyclic) bond motifs is 1. The number of H-pyrrole nitrogens is 1. The zero-order valence-electron chi connectivity index (χ0n) is 6.80. The highest BCUT2D eigenvalue weighted by Gasteiger charge is 2.31. The van der Waals surface area contributed by atoms with E-state index in [1.807, 2.05) is 0 Å². The van der Waals surface area contributed by atoms with Gasteiger partial charge in [0.05, 0.1) is 11.0 Å². The summed E-state index contributed by atoms with van der Waals surface area (Å²) in [6.45, 7) is 0. The maximum atomic E-state index is 11.8. The predicted octanol–water partition coefficient (Wildman–Crippen LogP) is 2.46. The van der Waals surface area contributed by atoms with E-state index in [1.54, 1.807) is 12.3 Å². The number of aromatic amines is 1. The van der Waals surface area contributed by atoms with Gasteiger partial charge in [-0.3, -0.25) is 0 Å². The number of hydrogen-bond acceptors (Lipinski definition) is 2. The zero-order chi connectivity index (χ0) is 10.2. The number of nitrogens with zero attached hydrogens (tertiary/aromatic N) is 1. The minimum absolute atomic E-state index is 0.437. The number of aromatic nitrogens is 2. The Hall–Kier alpha value is -1.72. The maximum absolute atomic E-state index is 11.8. The summed E-state index contributed by atoms with van der Waals surface area (Å²) in [4.78, 5) is 6.46. The van der Waals surface area contributed by atoms with Crippen LogP contribution in [0.5, 0.6) is 5.88 Å². The fourth-order valence-corrected chi connectivity index (χ4v) is 1.09. The van der Waals surface area contributed by atoms with E-state index in [1.165, 1.54) is 6.07 Å². The molecule has 2 heterocycles. The van der Waals surface area contributed by atoms with Crippen molar-refractivity contribution in [1.29, 1.82) is 0 Å². The van der Waals surface area contributed by atoms with Gasteiger partial charge in [-0.25, -0.2) is 4.98 Å². The Bertz CT molecular complexity index is 449. The van der Waals surface area contributed by atoms with Crippen molar-refractivity contribution in [3.63, 3.8) is 0 Å². The largest absolute Gasteiger partial charge is 0.574 e. The average molecular weight is 202 g/mol. The highest BCUT2D eigenvalue weighted by atomic mass is 19.4. The third kappa shape index (κ3) is 1.78. The van der Waals surface area contributed by atoms with Gasteiger partial charge in [0.25, 0.3) is 0 Å². The molecule has 3 nitrogen and oxygen atoms in total. The monoisotopic (exact) mass is 202 g/mol. The van der Waals surface area contributed by atoms with Crippen molar-refractivity contribution in [3.05, 3.63) is 24.4 Å². The van der Waals surface area contributed by atoms with Crippen molar-refractivity contribution in [3.8, 4) is 5.88 Å². The number of pyridine rings is 1. The van der Waals surface area contributed by atoms with Crippen LogP contribution in [0, 0.1) is 0 Å². The van der Waals surface area contributed by atoms with Crippen molar-refractivity contribution in [1.82, 2.24) is 9.97 Å². The second-order valence-electron chi connectivity index (χ2n) is 2.61. The summed E-state index contributed by atoms with van der Waals surface area (Å²) in [6.07, 6.45) is -3.11. The van der Waals surface area contributed by atoms with E-state index in [0.717, 1.165) is 6.07 Å². The van der Waals surface area contributed by atoms with Crippen molar-refractivity contribution in [2.24, 2.45) is 0 Å². The van der Waals surface area contributed by atoms with E-state index < -0.39 is 12.2 Å². The summed E-state index contributed by atoms with van der Waals surface area (Å²) < 4.78 is 39.0. The minimum atomic E-state index is -4.70. The third-order valence-corrected chi connectivity index (χ3v) is 1.60. The van der Waals surface area contributed by atoms with Gasteiger partial charge < -0.3 is 9.72 Å². The lowest BCUT2D eigenvalue weighted by atomic mass is 10.4. The fourth-order valence-electron chi connectivity index (χ4n) is 1.09. The van der Waals surface area contributed by atoms with Gasteiger partial charge in [0.2, 0.25) is 5.88 Å². The molecule has 2 rings (SSSR count). The Balaban J connectivity index is 2.35. The summed E-state index contributed by atoms with van der Waals surface area (Å²) in [5, 5.41) is 0. The fraction of sp³-hybridized carbons (Fsp3) is 0.125. The van der Waals surface area contributed by atoms with E-state index >= 15 is 0 Å². The van der Waals surface area contributed by atoms with Crippen LogP contribution < -0.4 is 4.74 Å². The van der Waals surface area contributed by atoms with Crippen LogP contribution in [0.1, 0.15) is 0 Å². The van der Waals surface area contributed by atoms with Crippen LogP contribution in [-0.4, -0.2) is 16.3 Å². The molecule has 0 radical (unpaired) electrons.